The van der Waals surface area contributed by atoms with Crippen molar-refractivity contribution in [2.24, 2.45) is 5.92 Å². The maximum absolute atomic E-state index is 14.4. The van der Waals surface area contributed by atoms with Crippen molar-refractivity contribution < 1.29 is 17.9 Å². The van der Waals surface area contributed by atoms with Crippen molar-refractivity contribution in [1.82, 2.24) is 4.98 Å². The van der Waals surface area contributed by atoms with Crippen LogP contribution in [0, 0.1) is 5.92 Å². The SMILES string of the molecule is FC(F)(F)C1(OCC2CC2)c2cc(Cl)ccc2Nc2ncc(Cl)cc21. The van der Waals surface area contributed by atoms with Crippen LogP contribution in [0.4, 0.5) is 24.7 Å². The molecule has 1 aliphatic heterocycles. The van der Waals surface area contributed by atoms with Gasteiger partial charge in [0.15, 0.2) is 0 Å². The zero-order chi connectivity index (χ0) is 17.8. The number of hydrogen-bond acceptors (Lipinski definition) is 3. The first-order valence-electron chi connectivity index (χ1n) is 7.75. The fraction of sp³-hybridized carbons (Fsp3) is 0.353. The molecule has 1 unspecified atom stereocenters. The maximum atomic E-state index is 14.4. The number of benzene rings is 1. The van der Waals surface area contributed by atoms with E-state index < -0.39 is 11.8 Å². The Bertz CT molecular complexity index is 786. The zero-order valence-electron chi connectivity index (χ0n) is 12.8. The number of fused-ring (bicyclic) bond motifs is 2. The Labute approximate surface area is 152 Å². The topological polar surface area (TPSA) is 34.1 Å². The van der Waals surface area contributed by atoms with Crippen molar-refractivity contribution in [3.63, 3.8) is 0 Å². The minimum atomic E-state index is -4.72. The lowest BCUT2D eigenvalue weighted by Gasteiger charge is -2.41. The van der Waals surface area contributed by atoms with E-state index in [1.54, 1.807) is 0 Å². The molecule has 25 heavy (non-hydrogen) atoms. The number of alkyl halides is 3. The molecule has 1 atom stereocenters. The number of aromatic nitrogens is 1. The summed E-state index contributed by atoms with van der Waals surface area (Å²) in [4.78, 5) is 4.04. The third-order valence-corrected chi connectivity index (χ3v) is 4.92. The molecule has 1 aliphatic carbocycles. The lowest BCUT2D eigenvalue weighted by Crippen LogP contribution is -2.48. The predicted molar refractivity (Wildman–Crippen MR) is 89.5 cm³/mol. The Morgan fingerprint density at radius 3 is 2.56 bits per heavy atom. The number of ether oxygens (including phenoxy) is 1. The predicted octanol–water partition coefficient (Wildman–Crippen LogP) is 5.68. The maximum Gasteiger partial charge on any atom is 0.426 e. The highest BCUT2D eigenvalue weighted by atomic mass is 35.5. The van der Waals surface area contributed by atoms with Gasteiger partial charge in [0.05, 0.1) is 11.6 Å². The molecule has 2 aliphatic rings. The number of hydrogen-bond donors (Lipinski definition) is 1. The summed E-state index contributed by atoms with van der Waals surface area (Å²) in [6, 6.07) is 5.56. The van der Waals surface area contributed by atoms with E-state index in [-0.39, 0.29) is 45.2 Å². The Hall–Kier alpha value is -1.50. The monoisotopic (exact) mass is 388 g/mol. The van der Waals surface area contributed by atoms with Crippen molar-refractivity contribution in [2.45, 2.75) is 24.6 Å². The molecule has 0 amide bonds. The molecule has 0 saturated heterocycles. The average Bonchev–Trinajstić information content (AvgIpc) is 3.35. The van der Waals surface area contributed by atoms with Crippen LogP contribution in [-0.4, -0.2) is 17.8 Å². The summed E-state index contributed by atoms with van der Waals surface area (Å²) in [5.74, 6) is 0.222. The van der Waals surface area contributed by atoms with Gasteiger partial charge in [0.25, 0.3) is 0 Å². The summed E-state index contributed by atoms with van der Waals surface area (Å²) >= 11 is 11.9. The first-order chi connectivity index (χ1) is 11.8. The molecule has 1 aromatic carbocycles. The largest absolute Gasteiger partial charge is 0.426 e. The number of rotatable bonds is 3. The standard InChI is InChI=1S/C17H13Cl2F3N2O/c18-10-3-4-14-12(5-10)16(17(20,21)22,25-8-9-1-2-9)13-6-11(19)7-23-15(13)24-14/h3-7,9H,1-2,8H2,(H,23,24). The second-order valence-corrected chi connectivity index (χ2v) is 7.17. The number of nitrogens with one attached hydrogen (secondary N) is 1. The number of pyridine rings is 1. The summed E-state index contributed by atoms with van der Waals surface area (Å²) in [5.41, 5.74) is -2.62. The van der Waals surface area contributed by atoms with Crippen molar-refractivity contribution in [2.75, 3.05) is 11.9 Å². The van der Waals surface area contributed by atoms with E-state index in [2.05, 4.69) is 10.3 Å². The van der Waals surface area contributed by atoms with Gasteiger partial charge in [-0.15, -0.1) is 0 Å². The van der Waals surface area contributed by atoms with Gasteiger partial charge in [-0.2, -0.15) is 13.2 Å². The molecular formula is C17H13Cl2F3N2O. The smallest absolute Gasteiger partial charge is 0.356 e. The lowest BCUT2D eigenvalue weighted by molar-refractivity contribution is -0.268. The van der Waals surface area contributed by atoms with E-state index in [4.69, 9.17) is 27.9 Å². The molecule has 1 aromatic heterocycles. The van der Waals surface area contributed by atoms with Crippen molar-refractivity contribution in [1.29, 1.82) is 0 Å². The van der Waals surface area contributed by atoms with E-state index in [1.165, 1.54) is 30.5 Å². The Kier molecular flexibility index (Phi) is 3.90. The highest BCUT2D eigenvalue weighted by Crippen LogP contribution is 2.55. The minimum absolute atomic E-state index is 0.0113. The fourth-order valence-electron chi connectivity index (χ4n) is 3.07. The zero-order valence-corrected chi connectivity index (χ0v) is 14.3. The average molecular weight is 389 g/mol. The molecule has 132 valence electrons. The van der Waals surface area contributed by atoms with Gasteiger partial charge in [-0.1, -0.05) is 23.2 Å². The first-order valence-corrected chi connectivity index (χ1v) is 8.50. The molecule has 4 rings (SSSR count). The van der Waals surface area contributed by atoms with Crippen LogP contribution < -0.4 is 5.32 Å². The van der Waals surface area contributed by atoms with Crippen molar-refractivity contribution in [3.8, 4) is 0 Å². The molecule has 0 bridgehead atoms. The summed E-state index contributed by atoms with van der Waals surface area (Å²) < 4.78 is 48.9. The lowest BCUT2D eigenvalue weighted by atomic mass is 9.82. The van der Waals surface area contributed by atoms with Crippen molar-refractivity contribution in [3.05, 3.63) is 51.6 Å². The summed E-state index contributed by atoms with van der Waals surface area (Å²) in [6.45, 7) is 0.0113. The van der Waals surface area contributed by atoms with Gasteiger partial charge in [-0.05, 0) is 43.0 Å². The van der Waals surface area contributed by atoms with Crippen LogP contribution in [0.1, 0.15) is 24.0 Å². The molecule has 1 N–H and O–H groups in total. The third-order valence-electron chi connectivity index (χ3n) is 4.48. The van der Waals surface area contributed by atoms with E-state index in [0.29, 0.717) is 0 Å². The van der Waals surface area contributed by atoms with Gasteiger partial charge in [-0.3, -0.25) is 0 Å². The fourth-order valence-corrected chi connectivity index (χ4v) is 3.40. The first kappa shape index (κ1) is 16.9. The Morgan fingerprint density at radius 2 is 1.88 bits per heavy atom. The summed E-state index contributed by atoms with van der Waals surface area (Å²) in [6.07, 6.45) is -1.68. The molecular weight excluding hydrogens is 376 g/mol. The van der Waals surface area contributed by atoms with Crippen LogP contribution >= 0.6 is 23.2 Å². The van der Waals surface area contributed by atoms with Crippen LogP contribution in [0.15, 0.2) is 30.5 Å². The van der Waals surface area contributed by atoms with Gasteiger partial charge in [0.1, 0.15) is 5.82 Å². The molecule has 1 saturated carbocycles. The molecule has 2 heterocycles. The van der Waals surface area contributed by atoms with E-state index >= 15 is 0 Å². The third kappa shape index (κ3) is 2.76. The van der Waals surface area contributed by atoms with Crippen LogP contribution in [-0.2, 0) is 10.3 Å². The van der Waals surface area contributed by atoms with E-state index in [0.717, 1.165) is 12.8 Å². The highest BCUT2D eigenvalue weighted by Gasteiger charge is 2.62. The molecule has 0 radical (unpaired) electrons. The Balaban J connectivity index is 1.98. The quantitative estimate of drug-likeness (QED) is 0.734. The molecule has 0 spiro atoms. The van der Waals surface area contributed by atoms with Crippen LogP contribution in [0.25, 0.3) is 0 Å². The van der Waals surface area contributed by atoms with Gasteiger partial charge in [-0.25, -0.2) is 4.98 Å². The van der Waals surface area contributed by atoms with E-state index in [1.807, 2.05) is 0 Å². The molecule has 3 nitrogen and oxygen atoms in total. The second-order valence-electron chi connectivity index (χ2n) is 6.30. The molecule has 2 aromatic rings. The number of anilines is 2. The van der Waals surface area contributed by atoms with Gasteiger partial charge in [0, 0.05) is 28.0 Å². The van der Waals surface area contributed by atoms with Crippen molar-refractivity contribution >= 4 is 34.7 Å². The molecule has 1 fully saturated rings. The van der Waals surface area contributed by atoms with Gasteiger partial charge in [0.2, 0.25) is 5.60 Å². The molecule has 8 heteroatoms. The number of halogens is 5. The summed E-state index contributed by atoms with van der Waals surface area (Å²) in [5, 5.41) is 3.22. The number of nitrogens with zero attached hydrogens (tertiary/aromatic N) is 1. The Morgan fingerprint density at radius 1 is 1.16 bits per heavy atom. The van der Waals surface area contributed by atoms with Crippen LogP contribution in [0.5, 0.6) is 0 Å². The normalized spacial score (nSPS) is 22.1. The minimum Gasteiger partial charge on any atom is -0.356 e. The van der Waals surface area contributed by atoms with E-state index in [9.17, 15) is 13.2 Å². The second kappa shape index (κ2) is 5.76. The van der Waals surface area contributed by atoms with Crippen LogP contribution in [0.2, 0.25) is 10.0 Å². The highest BCUT2D eigenvalue weighted by molar-refractivity contribution is 6.31. The summed E-state index contributed by atoms with van der Waals surface area (Å²) in [7, 11) is 0. The van der Waals surface area contributed by atoms with Gasteiger partial charge < -0.3 is 10.1 Å². The van der Waals surface area contributed by atoms with Crippen LogP contribution in [0.3, 0.4) is 0 Å². The van der Waals surface area contributed by atoms with Gasteiger partial charge >= 0.3 is 6.18 Å².